The summed E-state index contributed by atoms with van der Waals surface area (Å²) < 4.78 is 0. The Morgan fingerprint density at radius 3 is 2.65 bits per heavy atom. The third-order valence-corrected chi connectivity index (χ3v) is 2.88. The van der Waals surface area contributed by atoms with Crippen molar-refractivity contribution in [3.63, 3.8) is 0 Å². The molecule has 0 unspecified atom stereocenters. The van der Waals surface area contributed by atoms with E-state index in [0.29, 0.717) is 5.69 Å². The average Bonchev–Trinajstić information content (AvgIpc) is 2.38. The highest BCUT2D eigenvalue weighted by Crippen LogP contribution is 2.33. The van der Waals surface area contributed by atoms with Gasteiger partial charge in [0.15, 0.2) is 0 Å². The van der Waals surface area contributed by atoms with E-state index in [-0.39, 0.29) is 16.7 Å². The first-order valence-corrected chi connectivity index (χ1v) is 6.06. The Hall–Kier alpha value is -2.41. The van der Waals surface area contributed by atoms with Crippen LogP contribution in [0.3, 0.4) is 0 Å². The summed E-state index contributed by atoms with van der Waals surface area (Å²) in [6.45, 7) is 0. The van der Waals surface area contributed by atoms with Crippen LogP contribution in [0, 0.1) is 10.1 Å². The summed E-state index contributed by atoms with van der Waals surface area (Å²) >= 11 is 5.75. The monoisotopic (exact) mass is 293 g/mol. The number of aromatic nitrogens is 2. The molecule has 0 fully saturated rings. The Morgan fingerprint density at radius 2 is 2.00 bits per heavy atom. The summed E-state index contributed by atoms with van der Waals surface area (Å²) in [6, 6.07) is 7.39. The van der Waals surface area contributed by atoms with Gasteiger partial charge in [0.1, 0.15) is 6.33 Å². The lowest BCUT2D eigenvalue weighted by Gasteiger charge is -2.17. The highest BCUT2D eigenvalue weighted by molar-refractivity contribution is 6.31. The van der Waals surface area contributed by atoms with Gasteiger partial charge >= 0.3 is 5.69 Å². The fourth-order valence-corrected chi connectivity index (χ4v) is 1.91. The van der Waals surface area contributed by atoms with Gasteiger partial charge in [0.25, 0.3) is 0 Å². The second-order valence-corrected chi connectivity index (χ2v) is 4.51. The number of hydrogen-bond acceptors (Lipinski definition) is 6. The maximum absolute atomic E-state index is 11.0. The smallest absolute Gasteiger partial charge is 0.348 e. The second-order valence-electron chi connectivity index (χ2n) is 4.16. The van der Waals surface area contributed by atoms with E-state index in [2.05, 4.69) is 15.3 Å². The van der Waals surface area contributed by atoms with Crippen molar-refractivity contribution in [1.29, 1.82) is 0 Å². The lowest BCUT2D eigenvalue weighted by molar-refractivity contribution is -0.384. The fraction of sp³-hybridized carbons (Fsp3) is 0.167. The van der Waals surface area contributed by atoms with Gasteiger partial charge in [-0.2, -0.15) is 0 Å². The van der Waals surface area contributed by atoms with Gasteiger partial charge in [0, 0.05) is 14.1 Å². The Labute approximate surface area is 120 Å². The molecule has 8 heteroatoms. The Morgan fingerprint density at radius 1 is 1.30 bits per heavy atom. The third-order valence-electron chi connectivity index (χ3n) is 2.60. The molecule has 0 saturated heterocycles. The molecule has 2 rings (SSSR count). The normalized spacial score (nSPS) is 10.2. The molecule has 0 spiro atoms. The van der Waals surface area contributed by atoms with E-state index in [1.54, 1.807) is 6.07 Å². The average molecular weight is 294 g/mol. The first-order valence-electron chi connectivity index (χ1n) is 5.69. The third kappa shape index (κ3) is 2.77. The largest absolute Gasteiger partial charge is 0.376 e. The van der Waals surface area contributed by atoms with Crippen molar-refractivity contribution in [3.05, 3.63) is 45.9 Å². The van der Waals surface area contributed by atoms with Crippen molar-refractivity contribution in [2.24, 2.45) is 0 Å². The summed E-state index contributed by atoms with van der Waals surface area (Å²) in [6.07, 6.45) is 1.18. The van der Waals surface area contributed by atoms with Gasteiger partial charge in [0.05, 0.1) is 16.3 Å². The number of benzene rings is 1. The summed E-state index contributed by atoms with van der Waals surface area (Å²) in [5, 5.41) is 13.8. The number of rotatable bonds is 4. The Kier molecular flexibility index (Phi) is 3.99. The molecule has 1 aromatic heterocycles. The standard InChI is InChI=1S/C12H12ClN5O2/c1-17(2)9-6-4-3-5-8(9)16-12-10(18(19)20)11(13)14-7-15-12/h3-7H,1-2H3,(H,14,15,16). The molecule has 0 bridgehead atoms. The van der Waals surface area contributed by atoms with Crippen LogP contribution in [0.25, 0.3) is 0 Å². The van der Waals surface area contributed by atoms with Gasteiger partial charge in [-0.3, -0.25) is 10.1 Å². The summed E-state index contributed by atoms with van der Waals surface area (Å²) in [5.41, 5.74) is 1.22. The lowest BCUT2D eigenvalue weighted by Crippen LogP contribution is -2.11. The van der Waals surface area contributed by atoms with Crippen LogP contribution in [0.4, 0.5) is 22.9 Å². The van der Waals surface area contributed by atoms with Gasteiger partial charge in [-0.05, 0) is 12.1 Å². The molecule has 2 aromatic rings. The highest BCUT2D eigenvalue weighted by atomic mass is 35.5. The van der Waals surface area contributed by atoms with E-state index >= 15 is 0 Å². The number of hydrogen-bond donors (Lipinski definition) is 1. The van der Waals surface area contributed by atoms with Crippen molar-refractivity contribution < 1.29 is 4.92 Å². The molecular formula is C12H12ClN5O2. The van der Waals surface area contributed by atoms with Crippen LogP contribution >= 0.6 is 11.6 Å². The maximum Gasteiger partial charge on any atom is 0.348 e. The topological polar surface area (TPSA) is 84.2 Å². The summed E-state index contributed by atoms with van der Waals surface area (Å²) in [4.78, 5) is 19.8. The van der Waals surface area contributed by atoms with Gasteiger partial charge in [0.2, 0.25) is 11.0 Å². The number of para-hydroxylation sites is 2. The molecular weight excluding hydrogens is 282 g/mol. The fourth-order valence-electron chi connectivity index (χ4n) is 1.71. The van der Waals surface area contributed by atoms with E-state index in [9.17, 15) is 10.1 Å². The predicted molar refractivity (Wildman–Crippen MR) is 77.7 cm³/mol. The SMILES string of the molecule is CN(C)c1ccccc1Nc1ncnc(Cl)c1[N+](=O)[O-]. The minimum absolute atomic E-state index is 0.0595. The second kappa shape index (κ2) is 5.70. The highest BCUT2D eigenvalue weighted by Gasteiger charge is 2.22. The van der Waals surface area contributed by atoms with Crippen LogP contribution in [-0.4, -0.2) is 29.0 Å². The zero-order valence-electron chi connectivity index (χ0n) is 10.9. The molecule has 1 aromatic carbocycles. The summed E-state index contributed by atoms with van der Waals surface area (Å²) in [7, 11) is 3.75. The minimum atomic E-state index is -0.608. The number of anilines is 3. The van der Waals surface area contributed by atoms with E-state index in [4.69, 9.17) is 11.6 Å². The maximum atomic E-state index is 11.0. The molecule has 0 saturated carbocycles. The van der Waals surface area contributed by atoms with Crippen molar-refractivity contribution in [2.75, 3.05) is 24.3 Å². The van der Waals surface area contributed by atoms with Crippen molar-refractivity contribution in [1.82, 2.24) is 9.97 Å². The van der Waals surface area contributed by atoms with Gasteiger partial charge in [-0.1, -0.05) is 23.7 Å². The van der Waals surface area contributed by atoms with E-state index < -0.39 is 4.92 Å². The van der Waals surface area contributed by atoms with Crippen molar-refractivity contribution in [2.45, 2.75) is 0 Å². The molecule has 1 heterocycles. The first kappa shape index (κ1) is 14.0. The zero-order valence-corrected chi connectivity index (χ0v) is 11.6. The van der Waals surface area contributed by atoms with Gasteiger partial charge in [-0.15, -0.1) is 0 Å². The van der Waals surface area contributed by atoms with E-state index in [1.165, 1.54) is 6.33 Å². The van der Waals surface area contributed by atoms with Gasteiger partial charge < -0.3 is 10.2 Å². The first-order chi connectivity index (χ1) is 9.50. The van der Waals surface area contributed by atoms with Gasteiger partial charge in [-0.25, -0.2) is 9.97 Å². The number of nitrogens with zero attached hydrogens (tertiary/aromatic N) is 4. The molecule has 20 heavy (non-hydrogen) atoms. The Balaban J connectivity index is 2.46. The molecule has 0 amide bonds. The molecule has 0 aliphatic carbocycles. The lowest BCUT2D eigenvalue weighted by atomic mass is 10.2. The molecule has 1 N–H and O–H groups in total. The number of halogens is 1. The molecule has 0 aliphatic heterocycles. The minimum Gasteiger partial charge on any atom is -0.376 e. The van der Waals surface area contributed by atoms with E-state index in [1.807, 2.05) is 37.2 Å². The Bertz CT molecular complexity index is 647. The number of nitrogens with one attached hydrogen (secondary N) is 1. The van der Waals surface area contributed by atoms with Crippen LogP contribution < -0.4 is 10.2 Å². The van der Waals surface area contributed by atoms with Crippen LogP contribution in [0.2, 0.25) is 5.15 Å². The van der Waals surface area contributed by atoms with Crippen LogP contribution in [0.15, 0.2) is 30.6 Å². The number of nitro groups is 1. The van der Waals surface area contributed by atoms with Crippen LogP contribution in [0.1, 0.15) is 0 Å². The molecule has 104 valence electrons. The molecule has 0 atom stereocenters. The molecule has 7 nitrogen and oxygen atoms in total. The van der Waals surface area contributed by atoms with Crippen LogP contribution in [-0.2, 0) is 0 Å². The van der Waals surface area contributed by atoms with Crippen LogP contribution in [0.5, 0.6) is 0 Å². The van der Waals surface area contributed by atoms with E-state index in [0.717, 1.165) is 5.69 Å². The summed E-state index contributed by atoms with van der Waals surface area (Å²) in [5.74, 6) is 0.0595. The molecule has 0 aliphatic rings. The van der Waals surface area contributed by atoms with Crippen molar-refractivity contribution >= 4 is 34.5 Å². The quantitative estimate of drug-likeness (QED) is 0.530. The molecule has 0 radical (unpaired) electrons. The zero-order chi connectivity index (χ0) is 14.7. The van der Waals surface area contributed by atoms with Crippen molar-refractivity contribution in [3.8, 4) is 0 Å². The predicted octanol–water partition coefficient (Wildman–Crippen LogP) is 2.85.